The van der Waals surface area contributed by atoms with Crippen molar-refractivity contribution in [3.05, 3.63) is 0 Å². The van der Waals surface area contributed by atoms with E-state index in [0.29, 0.717) is 6.04 Å². The minimum Gasteiger partial charge on any atom is -0.377 e. The fraction of sp³-hybridized carbons (Fsp3) is 1.00. The largest absolute Gasteiger partial charge is 0.377 e. The topological polar surface area (TPSA) is 21.3 Å². The first-order chi connectivity index (χ1) is 7.32. The maximum absolute atomic E-state index is 5.91. The first kappa shape index (κ1) is 11.4. The van der Waals surface area contributed by atoms with Crippen molar-refractivity contribution in [1.82, 2.24) is 5.32 Å². The van der Waals surface area contributed by atoms with E-state index >= 15 is 0 Å². The highest BCUT2D eigenvalue weighted by atomic mass is 16.5. The van der Waals surface area contributed by atoms with Gasteiger partial charge in [-0.25, -0.2) is 0 Å². The van der Waals surface area contributed by atoms with Crippen molar-refractivity contribution in [3.63, 3.8) is 0 Å². The van der Waals surface area contributed by atoms with Crippen molar-refractivity contribution in [2.45, 2.75) is 63.5 Å². The summed E-state index contributed by atoms with van der Waals surface area (Å²) in [5.41, 5.74) is 0.168. The molecule has 2 aliphatic carbocycles. The van der Waals surface area contributed by atoms with Crippen molar-refractivity contribution >= 4 is 0 Å². The second kappa shape index (κ2) is 4.84. The average molecular weight is 211 g/mol. The molecular weight excluding hydrogens is 186 g/mol. The monoisotopic (exact) mass is 211 g/mol. The lowest BCUT2D eigenvalue weighted by Crippen LogP contribution is -2.56. The second-order valence-electron chi connectivity index (χ2n) is 5.20. The number of ether oxygens (including phenoxy) is 1. The molecule has 2 heteroatoms. The van der Waals surface area contributed by atoms with Gasteiger partial charge in [0.2, 0.25) is 0 Å². The van der Waals surface area contributed by atoms with Crippen LogP contribution in [0.5, 0.6) is 0 Å². The molecule has 15 heavy (non-hydrogen) atoms. The van der Waals surface area contributed by atoms with Gasteiger partial charge in [-0.15, -0.1) is 0 Å². The Morgan fingerprint density at radius 2 is 1.93 bits per heavy atom. The summed E-state index contributed by atoms with van der Waals surface area (Å²) in [7, 11) is 1.91. The van der Waals surface area contributed by atoms with Crippen LogP contribution >= 0.6 is 0 Å². The lowest BCUT2D eigenvalue weighted by Gasteiger charge is -2.45. The predicted octanol–water partition coefficient (Wildman–Crippen LogP) is 2.72. The van der Waals surface area contributed by atoms with E-state index < -0.39 is 0 Å². The summed E-state index contributed by atoms with van der Waals surface area (Å²) in [6.45, 7) is 3.29. The van der Waals surface area contributed by atoms with Gasteiger partial charge in [-0.05, 0) is 38.1 Å². The molecule has 88 valence electrons. The molecule has 0 aromatic carbocycles. The Labute approximate surface area is 93.8 Å². The molecule has 2 rings (SSSR count). The molecule has 0 heterocycles. The predicted molar refractivity (Wildman–Crippen MR) is 63.0 cm³/mol. The van der Waals surface area contributed by atoms with Crippen molar-refractivity contribution < 1.29 is 4.74 Å². The van der Waals surface area contributed by atoms with Gasteiger partial charge in [0, 0.05) is 13.2 Å². The molecule has 2 nitrogen and oxygen atoms in total. The molecule has 1 N–H and O–H groups in total. The number of hydrogen-bond acceptors (Lipinski definition) is 2. The molecule has 0 aromatic rings. The van der Waals surface area contributed by atoms with Crippen LogP contribution < -0.4 is 5.32 Å². The van der Waals surface area contributed by atoms with Crippen molar-refractivity contribution in [2.75, 3.05) is 13.7 Å². The number of likely N-dealkylation sites (N-methyl/N-ethyl adjacent to an activating group) is 1. The van der Waals surface area contributed by atoms with Gasteiger partial charge in [0.25, 0.3) is 0 Å². The normalized spacial score (nSPS) is 27.6. The minimum absolute atomic E-state index is 0.168. The summed E-state index contributed by atoms with van der Waals surface area (Å²) in [6.07, 6.45) is 9.46. The summed E-state index contributed by atoms with van der Waals surface area (Å²) in [4.78, 5) is 0. The van der Waals surface area contributed by atoms with Crippen LogP contribution in [0.3, 0.4) is 0 Å². The summed E-state index contributed by atoms with van der Waals surface area (Å²) < 4.78 is 5.91. The third-order valence-corrected chi connectivity index (χ3v) is 4.47. The molecule has 0 spiro atoms. The molecule has 0 saturated heterocycles. The molecule has 1 unspecified atom stereocenters. The van der Waals surface area contributed by atoms with Gasteiger partial charge < -0.3 is 10.1 Å². The third kappa shape index (κ3) is 2.07. The van der Waals surface area contributed by atoms with Crippen LogP contribution in [-0.4, -0.2) is 25.3 Å². The fourth-order valence-corrected chi connectivity index (χ4v) is 3.39. The Morgan fingerprint density at radius 3 is 2.33 bits per heavy atom. The van der Waals surface area contributed by atoms with Crippen LogP contribution in [0.2, 0.25) is 0 Å². The van der Waals surface area contributed by atoms with E-state index in [4.69, 9.17) is 4.74 Å². The molecule has 0 radical (unpaired) electrons. The van der Waals surface area contributed by atoms with Crippen LogP contribution in [0.25, 0.3) is 0 Å². The average Bonchev–Trinajstić information content (AvgIpc) is 2.64. The molecule has 0 aromatic heterocycles. The van der Waals surface area contributed by atoms with Crippen LogP contribution in [-0.2, 0) is 4.74 Å². The van der Waals surface area contributed by atoms with Crippen molar-refractivity contribution in [2.24, 2.45) is 5.92 Å². The Balaban J connectivity index is 2.06. The Hall–Kier alpha value is -0.0800. The highest BCUT2D eigenvalue weighted by Crippen LogP contribution is 2.43. The first-order valence-electron chi connectivity index (χ1n) is 6.61. The summed E-state index contributed by atoms with van der Waals surface area (Å²) in [5, 5.41) is 3.69. The van der Waals surface area contributed by atoms with E-state index in [2.05, 4.69) is 12.2 Å². The van der Waals surface area contributed by atoms with Gasteiger partial charge in [-0.1, -0.05) is 26.2 Å². The molecule has 2 fully saturated rings. The lowest BCUT2D eigenvalue weighted by atomic mass is 9.72. The van der Waals surface area contributed by atoms with Crippen molar-refractivity contribution in [1.29, 1.82) is 0 Å². The molecule has 2 aliphatic rings. The zero-order valence-electron chi connectivity index (χ0n) is 10.2. The fourth-order valence-electron chi connectivity index (χ4n) is 3.39. The number of rotatable bonds is 5. The third-order valence-electron chi connectivity index (χ3n) is 4.47. The number of nitrogens with one attached hydrogen (secondary N) is 1. The minimum atomic E-state index is 0.168. The van der Waals surface area contributed by atoms with Gasteiger partial charge in [0.1, 0.15) is 0 Å². The smallest absolute Gasteiger partial charge is 0.0833 e. The van der Waals surface area contributed by atoms with E-state index in [1.165, 1.54) is 44.9 Å². The van der Waals surface area contributed by atoms with Crippen LogP contribution in [0.4, 0.5) is 0 Å². The molecule has 0 bridgehead atoms. The highest BCUT2D eigenvalue weighted by molar-refractivity contribution is 5.01. The van der Waals surface area contributed by atoms with Crippen LogP contribution in [0.15, 0.2) is 0 Å². The lowest BCUT2D eigenvalue weighted by molar-refractivity contribution is -0.0619. The van der Waals surface area contributed by atoms with Crippen molar-refractivity contribution in [3.8, 4) is 0 Å². The SMILES string of the molecule is CCNC(C1CCC1)C1(OC)CCCC1. The van der Waals surface area contributed by atoms with E-state index in [1.54, 1.807) is 0 Å². The number of methoxy groups -OCH3 is 1. The second-order valence-corrected chi connectivity index (χ2v) is 5.20. The molecule has 2 saturated carbocycles. The van der Waals surface area contributed by atoms with E-state index in [9.17, 15) is 0 Å². The van der Waals surface area contributed by atoms with E-state index in [1.807, 2.05) is 7.11 Å². The van der Waals surface area contributed by atoms with E-state index in [-0.39, 0.29) is 5.60 Å². The Bertz CT molecular complexity index is 195. The Morgan fingerprint density at radius 1 is 1.27 bits per heavy atom. The Kier molecular flexibility index (Phi) is 3.68. The molecule has 1 atom stereocenters. The quantitative estimate of drug-likeness (QED) is 0.755. The summed E-state index contributed by atoms with van der Waals surface area (Å²) in [5.74, 6) is 0.878. The zero-order valence-corrected chi connectivity index (χ0v) is 10.2. The number of hydrogen-bond donors (Lipinski definition) is 1. The maximum atomic E-state index is 5.91. The summed E-state index contributed by atoms with van der Waals surface area (Å²) in [6, 6.07) is 0.615. The maximum Gasteiger partial charge on any atom is 0.0833 e. The zero-order chi connectivity index (χ0) is 10.7. The van der Waals surface area contributed by atoms with Crippen LogP contribution in [0.1, 0.15) is 51.9 Å². The first-order valence-corrected chi connectivity index (χ1v) is 6.61. The standard InChI is InChI=1S/C13H25NO/c1-3-14-12(11-7-6-8-11)13(15-2)9-4-5-10-13/h11-12,14H,3-10H2,1-2H3. The van der Waals surface area contributed by atoms with Gasteiger partial charge >= 0.3 is 0 Å². The van der Waals surface area contributed by atoms with Gasteiger partial charge in [-0.3, -0.25) is 0 Å². The highest BCUT2D eigenvalue weighted by Gasteiger charge is 2.46. The molecule has 0 amide bonds. The van der Waals surface area contributed by atoms with Gasteiger partial charge in [0.15, 0.2) is 0 Å². The molecular formula is C13H25NO. The van der Waals surface area contributed by atoms with Gasteiger partial charge in [0.05, 0.1) is 5.60 Å². The summed E-state index contributed by atoms with van der Waals surface area (Å²) >= 11 is 0. The van der Waals surface area contributed by atoms with E-state index in [0.717, 1.165) is 12.5 Å². The molecule has 0 aliphatic heterocycles. The van der Waals surface area contributed by atoms with Crippen LogP contribution in [0, 0.1) is 5.92 Å². The van der Waals surface area contributed by atoms with Gasteiger partial charge in [-0.2, -0.15) is 0 Å².